The van der Waals surface area contributed by atoms with Gasteiger partial charge < -0.3 is 4.90 Å². The van der Waals surface area contributed by atoms with E-state index in [0.29, 0.717) is 0 Å². The highest BCUT2D eigenvalue weighted by Gasteiger charge is 2.03. The lowest BCUT2D eigenvalue weighted by Gasteiger charge is -2.13. The summed E-state index contributed by atoms with van der Waals surface area (Å²) in [5.41, 5.74) is 4.63. The largest absolute Gasteiger partial charge is 0.309 e. The number of hydrogen-bond donors (Lipinski definition) is 0. The molecule has 20 heavy (non-hydrogen) atoms. The van der Waals surface area contributed by atoms with Crippen LogP contribution in [-0.4, -0.2) is 25.5 Å². The number of benzene rings is 1. The molecular weight excluding hydrogens is 242 g/mol. The molecule has 0 bridgehead atoms. The Hall–Kier alpha value is -0.820. The molecule has 0 saturated heterocycles. The van der Waals surface area contributed by atoms with Gasteiger partial charge in [-0.05, 0) is 62.9 Å². The third kappa shape index (κ3) is 7.09. The van der Waals surface area contributed by atoms with E-state index in [1.807, 2.05) is 0 Å². The van der Waals surface area contributed by atoms with E-state index in [4.69, 9.17) is 0 Å². The van der Waals surface area contributed by atoms with Gasteiger partial charge in [-0.1, -0.05) is 51.3 Å². The van der Waals surface area contributed by atoms with Crippen molar-refractivity contribution in [2.24, 2.45) is 0 Å². The highest BCUT2D eigenvalue weighted by molar-refractivity contribution is 5.31. The summed E-state index contributed by atoms with van der Waals surface area (Å²) in [6, 6.07) is 7.32. The van der Waals surface area contributed by atoms with Gasteiger partial charge in [0.25, 0.3) is 0 Å². The first-order valence-corrected chi connectivity index (χ1v) is 8.42. The van der Waals surface area contributed by atoms with Crippen LogP contribution in [0.1, 0.15) is 62.6 Å². The Labute approximate surface area is 126 Å². The van der Waals surface area contributed by atoms with Gasteiger partial charge in [0.2, 0.25) is 0 Å². The molecule has 0 aliphatic rings. The highest BCUT2D eigenvalue weighted by atomic mass is 15.0. The minimum Gasteiger partial charge on any atom is -0.309 e. The summed E-state index contributed by atoms with van der Waals surface area (Å²) in [7, 11) is 4.31. The van der Waals surface area contributed by atoms with Crippen LogP contribution in [0.5, 0.6) is 0 Å². The predicted molar refractivity (Wildman–Crippen MR) is 90.5 cm³/mol. The van der Waals surface area contributed by atoms with E-state index in [2.05, 4.69) is 51.0 Å². The number of aryl methyl sites for hydroxylation is 2. The molecule has 0 unspecified atom stereocenters. The molecule has 0 radical (unpaired) electrons. The molecule has 0 aliphatic carbocycles. The van der Waals surface area contributed by atoms with Crippen LogP contribution in [0.4, 0.5) is 0 Å². The molecule has 0 atom stereocenters. The highest BCUT2D eigenvalue weighted by Crippen LogP contribution is 2.16. The van der Waals surface area contributed by atoms with Gasteiger partial charge in [-0.3, -0.25) is 0 Å². The molecule has 0 aliphatic heterocycles. The monoisotopic (exact) mass is 275 g/mol. The van der Waals surface area contributed by atoms with Crippen molar-refractivity contribution in [1.82, 2.24) is 4.90 Å². The van der Waals surface area contributed by atoms with Gasteiger partial charge in [0, 0.05) is 6.54 Å². The Morgan fingerprint density at radius 1 is 0.700 bits per heavy atom. The summed E-state index contributed by atoms with van der Waals surface area (Å²) in [6.07, 6.45) is 10.3. The Balaban J connectivity index is 2.72. The molecule has 0 spiro atoms. The van der Waals surface area contributed by atoms with E-state index in [1.54, 1.807) is 11.1 Å². The molecule has 0 aromatic heterocycles. The molecule has 0 heterocycles. The minimum absolute atomic E-state index is 1.14. The second-order valence-electron chi connectivity index (χ2n) is 6.27. The fourth-order valence-corrected chi connectivity index (χ4v) is 2.59. The van der Waals surface area contributed by atoms with Gasteiger partial charge in [0.05, 0.1) is 0 Å². The Kier molecular flexibility index (Phi) is 8.60. The van der Waals surface area contributed by atoms with Crippen molar-refractivity contribution in [3.8, 4) is 0 Å². The van der Waals surface area contributed by atoms with Crippen LogP contribution < -0.4 is 0 Å². The summed E-state index contributed by atoms with van der Waals surface area (Å²) in [5, 5.41) is 0. The minimum atomic E-state index is 1.14. The zero-order valence-corrected chi connectivity index (χ0v) is 14.0. The molecule has 0 N–H and O–H groups in total. The van der Waals surface area contributed by atoms with Gasteiger partial charge >= 0.3 is 0 Å². The number of hydrogen-bond acceptors (Lipinski definition) is 1. The molecule has 1 aromatic rings. The van der Waals surface area contributed by atoms with Gasteiger partial charge in [-0.2, -0.15) is 0 Å². The predicted octanol–water partition coefficient (Wildman–Crippen LogP) is 4.87. The number of likely N-dealkylation sites (N-methyl/N-ethyl adjacent to an activating group) is 1. The van der Waals surface area contributed by atoms with Crippen molar-refractivity contribution in [3.05, 3.63) is 34.9 Å². The van der Waals surface area contributed by atoms with E-state index in [-0.39, 0.29) is 0 Å². The van der Waals surface area contributed by atoms with Crippen LogP contribution in [0.3, 0.4) is 0 Å². The van der Waals surface area contributed by atoms with Crippen molar-refractivity contribution in [2.45, 2.75) is 65.2 Å². The molecular formula is C19H33N. The molecule has 114 valence electrons. The average molecular weight is 275 g/mol. The SMILES string of the molecule is CCCCCc1cc(CCCC)cc(CCN(C)C)c1. The number of rotatable bonds is 10. The van der Waals surface area contributed by atoms with Crippen molar-refractivity contribution in [1.29, 1.82) is 0 Å². The van der Waals surface area contributed by atoms with Crippen LogP contribution in [0, 0.1) is 0 Å². The summed E-state index contributed by atoms with van der Waals surface area (Å²) in [4.78, 5) is 2.27. The van der Waals surface area contributed by atoms with Gasteiger partial charge in [0.1, 0.15) is 0 Å². The van der Waals surface area contributed by atoms with Crippen molar-refractivity contribution in [3.63, 3.8) is 0 Å². The van der Waals surface area contributed by atoms with Crippen LogP contribution in [-0.2, 0) is 19.3 Å². The first-order valence-electron chi connectivity index (χ1n) is 8.42. The summed E-state index contributed by atoms with van der Waals surface area (Å²) < 4.78 is 0. The first kappa shape index (κ1) is 17.2. The zero-order valence-electron chi connectivity index (χ0n) is 14.0. The van der Waals surface area contributed by atoms with E-state index >= 15 is 0 Å². The topological polar surface area (TPSA) is 3.24 Å². The van der Waals surface area contributed by atoms with Crippen LogP contribution >= 0.6 is 0 Å². The van der Waals surface area contributed by atoms with Gasteiger partial charge in [-0.15, -0.1) is 0 Å². The lowest BCUT2D eigenvalue weighted by Crippen LogP contribution is -2.15. The Morgan fingerprint density at radius 3 is 1.70 bits per heavy atom. The maximum Gasteiger partial charge on any atom is 0.00157 e. The number of unbranched alkanes of at least 4 members (excludes halogenated alkanes) is 3. The second-order valence-corrected chi connectivity index (χ2v) is 6.27. The van der Waals surface area contributed by atoms with Crippen molar-refractivity contribution >= 4 is 0 Å². The lowest BCUT2D eigenvalue weighted by atomic mass is 9.97. The molecule has 0 fully saturated rings. The van der Waals surface area contributed by atoms with Gasteiger partial charge in [-0.25, -0.2) is 0 Å². The lowest BCUT2D eigenvalue weighted by molar-refractivity contribution is 0.413. The van der Waals surface area contributed by atoms with E-state index in [1.165, 1.54) is 56.9 Å². The van der Waals surface area contributed by atoms with Crippen LogP contribution in [0.15, 0.2) is 18.2 Å². The van der Waals surface area contributed by atoms with Crippen molar-refractivity contribution < 1.29 is 0 Å². The third-order valence-corrected chi connectivity index (χ3v) is 3.85. The summed E-state index contributed by atoms with van der Waals surface area (Å²) >= 11 is 0. The smallest absolute Gasteiger partial charge is 0.00157 e. The third-order valence-electron chi connectivity index (χ3n) is 3.85. The van der Waals surface area contributed by atoms with Crippen molar-refractivity contribution in [2.75, 3.05) is 20.6 Å². The fraction of sp³-hybridized carbons (Fsp3) is 0.684. The van der Waals surface area contributed by atoms with E-state index in [9.17, 15) is 0 Å². The molecule has 0 saturated carbocycles. The average Bonchev–Trinajstić information content (AvgIpc) is 2.43. The standard InChI is InChI=1S/C19H33N/c1-5-7-9-11-18-14-17(10-8-6-2)15-19(16-18)12-13-20(3)4/h14-16H,5-13H2,1-4H3. The van der Waals surface area contributed by atoms with E-state index < -0.39 is 0 Å². The first-order chi connectivity index (χ1) is 9.65. The number of nitrogens with zero attached hydrogens (tertiary/aromatic N) is 1. The molecule has 1 heteroatoms. The van der Waals surface area contributed by atoms with E-state index in [0.717, 1.165) is 6.54 Å². The Morgan fingerprint density at radius 2 is 1.20 bits per heavy atom. The second kappa shape index (κ2) is 9.99. The maximum atomic E-state index is 2.45. The summed E-state index contributed by atoms with van der Waals surface area (Å²) in [6.45, 7) is 5.70. The fourth-order valence-electron chi connectivity index (χ4n) is 2.59. The zero-order chi connectivity index (χ0) is 14.8. The quantitative estimate of drug-likeness (QED) is 0.551. The van der Waals surface area contributed by atoms with Crippen LogP contribution in [0.25, 0.3) is 0 Å². The summed E-state index contributed by atoms with van der Waals surface area (Å²) in [5.74, 6) is 0. The normalized spacial score (nSPS) is 11.2. The molecule has 1 rings (SSSR count). The molecule has 0 amide bonds. The van der Waals surface area contributed by atoms with Gasteiger partial charge in [0.15, 0.2) is 0 Å². The maximum absolute atomic E-state index is 2.45. The molecule has 1 aromatic carbocycles. The molecule has 1 nitrogen and oxygen atoms in total. The Bertz CT molecular complexity index is 368. The van der Waals surface area contributed by atoms with Crippen LogP contribution in [0.2, 0.25) is 0 Å².